The number of alkyl halides is 3. The number of benzene rings is 1. The molecule has 1 aliphatic rings. The number of hydrogen-bond donors (Lipinski definition) is 1. The first-order valence-corrected chi connectivity index (χ1v) is 6.87. The predicted octanol–water partition coefficient (Wildman–Crippen LogP) is 4.61. The predicted molar refractivity (Wildman–Crippen MR) is 73.2 cm³/mol. The Hall–Kier alpha value is -1.79. The summed E-state index contributed by atoms with van der Waals surface area (Å²) < 4.78 is 39.1. The molecule has 0 bridgehead atoms. The summed E-state index contributed by atoms with van der Waals surface area (Å²) in [5.41, 5.74) is -1.57. The molecule has 7 heteroatoms. The smallest absolute Gasteiger partial charge is 0.384 e. The minimum atomic E-state index is -4.62. The highest BCUT2D eigenvalue weighted by molar-refractivity contribution is 5.57. The Balaban J connectivity index is 2.24. The lowest BCUT2D eigenvalue weighted by molar-refractivity contribution is -0.385. The normalized spacial score (nSPS) is 17.1. The number of non-ortho nitro benzene ring substituents is 1. The van der Waals surface area contributed by atoms with Gasteiger partial charge in [-0.1, -0.05) is 13.3 Å². The van der Waals surface area contributed by atoms with Crippen LogP contribution in [0.15, 0.2) is 18.2 Å². The van der Waals surface area contributed by atoms with Gasteiger partial charge in [-0.15, -0.1) is 0 Å². The summed E-state index contributed by atoms with van der Waals surface area (Å²) in [6.07, 6.45) is -0.598. The van der Waals surface area contributed by atoms with Crippen LogP contribution in [0.4, 0.5) is 24.5 Å². The van der Waals surface area contributed by atoms with E-state index in [-0.39, 0.29) is 11.1 Å². The molecular weight excluding hydrogens is 285 g/mol. The number of nitrogens with one attached hydrogen (secondary N) is 1. The lowest BCUT2D eigenvalue weighted by Gasteiger charge is -2.41. The van der Waals surface area contributed by atoms with Crippen molar-refractivity contribution in [1.29, 1.82) is 0 Å². The lowest BCUT2D eigenvalue weighted by atomic mass is 9.67. The van der Waals surface area contributed by atoms with Crippen molar-refractivity contribution in [3.05, 3.63) is 33.9 Å². The zero-order valence-corrected chi connectivity index (χ0v) is 11.7. The Morgan fingerprint density at radius 2 is 2.05 bits per heavy atom. The molecule has 2 rings (SSSR count). The van der Waals surface area contributed by atoms with E-state index in [4.69, 9.17) is 0 Å². The Morgan fingerprint density at radius 1 is 1.38 bits per heavy atom. The molecule has 1 aromatic rings. The van der Waals surface area contributed by atoms with Crippen LogP contribution in [-0.2, 0) is 6.18 Å². The van der Waals surface area contributed by atoms with Gasteiger partial charge in [0.1, 0.15) is 0 Å². The highest BCUT2D eigenvalue weighted by Crippen LogP contribution is 2.44. The molecule has 0 aliphatic heterocycles. The Morgan fingerprint density at radius 3 is 2.48 bits per heavy atom. The second kappa shape index (κ2) is 5.54. The maximum atomic E-state index is 13.0. The second-order valence-electron chi connectivity index (χ2n) is 5.55. The van der Waals surface area contributed by atoms with Gasteiger partial charge in [0, 0.05) is 24.4 Å². The molecule has 1 N–H and O–H groups in total. The van der Waals surface area contributed by atoms with Crippen molar-refractivity contribution < 1.29 is 18.1 Å². The maximum absolute atomic E-state index is 13.0. The number of nitro benzene ring substituents is 1. The van der Waals surface area contributed by atoms with Crippen molar-refractivity contribution >= 4 is 11.4 Å². The van der Waals surface area contributed by atoms with E-state index >= 15 is 0 Å². The third-order valence-electron chi connectivity index (χ3n) is 4.34. The van der Waals surface area contributed by atoms with Gasteiger partial charge in [0.2, 0.25) is 0 Å². The van der Waals surface area contributed by atoms with Crippen molar-refractivity contribution in [2.24, 2.45) is 5.41 Å². The molecular formula is C14H17F3N2O2. The summed E-state index contributed by atoms with van der Waals surface area (Å²) >= 11 is 0. The Bertz CT molecular complexity index is 534. The summed E-state index contributed by atoms with van der Waals surface area (Å²) in [4.78, 5) is 9.81. The molecule has 0 radical (unpaired) electrons. The van der Waals surface area contributed by atoms with Gasteiger partial charge in [-0.25, -0.2) is 0 Å². The zero-order chi connectivity index (χ0) is 15.7. The topological polar surface area (TPSA) is 55.2 Å². The zero-order valence-electron chi connectivity index (χ0n) is 11.7. The minimum absolute atomic E-state index is 0.0602. The van der Waals surface area contributed by atoms with Gasteiger partial charge in [-0.2, -0.15) is 13.2 Å². The Kier molecular flexibility index (Phi) is 4.11. The fraction of sp³-hybridized carbons (Fsp3) is 0.571. The quantitative estimate of drug-likeness (QED) is 0.638. The number of anilines is 1. The van der Waals surface area contributed by atoms with E-state index in [1.165, 1.54) is 0 Å². The van der Waals surface area contributed by atoms with E-state index in [0.29, 0.717) is 12.6 Å². The van der Waals surface area contributed by atoms with Crippen LogP contribution in [0, 0.1) is 15.5 Å². The average Bonchev–Trinajstić information content (AvgIpc) is 2.36. The third-order valence-corrected chi connectivity index (χ3v) is 4.34. The van der Waals surface area contributed by atoms with Crippen LogP contribution in [0.3, 0.4) is 0 Å². The number of halogens is 3. The molecule has 116 valence electrons. The highest BCUT2D eigenvalue weighted by atomic mass is 19.4. The van der Waals surface area contributed by atoms with Gasteiger partial charge in [0.25, 0.3) is 5.69 Å². The van der Waals surface area contributed by atoms with Gasteiger partial charge in [-0.05, 0) is 30.7 Å². The summed E-state index contributed by atoms with van der Waals surface area (Å²) in [6, 6.07) is 2.82. The van der Waals surface area contributed by atoms with E-state index in [1.54, 1.807) is 0 Å². The van der Waals surface area contributed by atoms with Crippen LogP contribution in [0.5, 0.6) is 0 Å². The van der Waals surface area contributed by atoms with E-state index in [0.717, 1.165) is 37.8 Å². The third kappa shape index (κ3) is 3.28. The van der Waals surface area contributed by atoms with Gasteiger partial charge in [0.05, 0.1) is 10.5 Å². The molecule has 1 aliphatic carbocycles. The molecule has 0 aromatic heterocycles. The maximum Gasteiger partial charge on any atom is 0.418 e. The van der Waals surface area contributed by atoms with Crippen LogP contribution < -0.4 is 5.32 Å². The molecule has 0 atom stereocenters. The summed E-state index contributed by atoms with van der Waals surface area (Å²) in [5, 5.41) is 13.5. The molecule has 0 heterocycles. The molecule has 1 aromatic carbocycles. The monoisotopic (exact) mass is 302 g/mol. The van der Waals surface area contributed by atoms with Crippen molar-refractivity contribution in [1.82, 2.24) is 0 Å². The number of hydrogen-bond acceptors (Lipinski definition) is 3. The summed E-state index contributed by atoms with van der Waals surface area (Å²) in [6.45, 7) is 2.49. The van der Waals surface area contributed by atoms with Crippen LogP contribution in [0.2, 0.25) is 0 Å². The minimum Gasteiger partial charge on any atom is -0.384 e. The van der Waals surface area contributed by atoms with Gasteiger partial charge >= 0.3 is 6.18 Å². The van der Waals surface area contributed by atoms with Gasteiger partial charge in [-0.3, -0.25) is 10.1 Å². The van der Waals surface area contributed by atoms with Crippen LogP contribution in [-0.4, -0.2) is 11.5 Å². The van der Waals surface area contributed by atoms with Crippen LogP contribution in [0.25, 0.3) is 0 Å². The number of nitro groups is 1. The van der Waals surface area contributed by atoms with Crippen molar-refractivity contribution in [3.8, 4) is 0 Å². The Labute approximate surface area is 120 Å². The number of rotatable bonds is 5. The van der Waals surface area contributed by atoms with Crippen LogP contribution >= 0.6 is 0 Å². The summed E-state index contributed by atoms with van der Waals surface area (Å²) in [5.74, 6) is 0. The average molecular weight is 302 g/mol. The molecule has 0 amide bonds. The molecule has 21 heavy (non-hydrogen) atoms. The molecule has 0 unspecified atom stereocenters. The van der Waals surface area contributed by atoms with E-state index in [1.807, 2.05) is 6.92 Å². The first-order chi connectivity index (χ1) is 9.77. The number of nitrogens with zero attached hydrogens (tertiary/aromatic N) is 1. The fourth-order valence-corrected chi connectivity index (χ4v) is 2.65. The molecule has 1 saturated carbocycles. The van der Waals surface area contributed by atoms with Crippen molar-refractivity contribution in [2.75, 3.05) is 11.9 Å². The fourth-order valence-electron chi connectivity index (χ4n) is 2.65. The first-order valence-electron chi connectivity index (χ1n) is 6.87. The molecule has 0 spiro atoms. The van der Waals surface area contributed by atoms with Gasteiger partial charge < -0.3 is 5.32 Å². The standard InChI is InChI=1S/C14H17F3N2O2/c1-2-13(6-3-7-13)9-18-12-5-4-10(19(20)21)8-11(12)14(15,16)17/h4-5,8,18H,2-3,6-7,9H2,1H3. The molecule has 4 nitrogen and oxygen atoms in total. The SMILES string of the molecule is CCC1(CNc2ccc([N+](=O)[O-])cc2C(F)(F)F)CCC1. The first kappa shape index (κ1) is 15.6. The van der Waals surface area contributed by atoms with Gasteiger partial charge in [0.15, 0.2) is 0 Å². The van der Waals surface area contributed by atoms with E-state index in [9.17, 15) is 23.3 Å². The summed E-state index contributed by atoms with van der Waals surface area (Å²) in [7, 11) is 0. The van der Waals surface area contributed by atoms with Crippen LogP contribution in [0.1, 0.15) is 38.2 Å². The molecule has 1 fully saturated rings. The van der Waals surface area contributed by atoms with Crippen molar-refractivity contribution in [3.63, 3.8) is 0 Å². The second-order valence-corrected chi connectivity index (χ2v) is 5.55. The highest BCUT2D eigenvalue weighted by Gasteiger charge is 2.38. The van der Waals surface area contributed by atoms with E-state index < -0.39 is 22.4 Å². The largest absolute Gasteiger partial charge is 0.418 e. The van der Waals surface area contributed by atoms with Crippen molar-refractivity contribution in [2.45, 2.75) is 38.8 Å². The molecule has 0 saturated heterocycles. The lowest BCUT2D eigenvalue weighted by Crippen LogP contribution is -2.36. The van der Waals surface area contributed by atoms with E-state index in [2.05, 4.69) is 5.32 Å².